The third-order valence-electron chi connectivity index (χ3n) is 3.14. The number of amides is 2. The first-order chi connectivity index (χ1) is 8.72. The number of hydrogen-bond acceptors (Lipinski definition) is 1. The Kier molecular flexibility index (Phi) is 4.12. The van der Waals surface area contributed by atoms with Crippen molar-refractivity contribution in [3.8, 4) is 0 Å². The molecule has 2 amide bonds. The lowest BCUT2D eigenvalue weighted by molar-refractivity contribution is 0.234. The Labute approximate surface area is 105 Å². The highest BCUT2D eigenvalue weighted by atomic mass is 19.1. The molecule has 0 fully saturated rings. The second-order valence-corrected chi connectivity index (χ2v) is 4.34. The van der Waals surface area contributed by atoms with Gasteiger partial charge in [0, 0.05) is 6.54 Å². The average molecular weight is 254 g/mol. The van der Waals surface area contributed by atoms with E-state index in [2.05, 4.69) is 10.6 Å². The molecule has 0 bridgehead atoms. The summed E-state index contributed by atoms with van der Waals surface area (Å²) in [5, 5.41) is 5.16. The number of carbonyl (C=O) groups excluding carboxylic acids is 1. The predicted molar refractivity (Wildman–Crippen MR) is 64.6 cm³/mol. The highest BCUT2D eigenvalue weighted by molar-refractivity contribution is 5.74. The molecule has 1 aliphatic rings. The molecule has 1 aliphatic carbocycles. The fourth-order valence-corrected chi connectivity index (χ4v) is 2.32. The van der Waals surface area contributed by atoms with Crippen LogP contribution >= 0.6 is 0 Å². The van der Waals surface area contributed by atoms with Gasteiger partial charge in [-0.1, -0.05) is 12.1 Å². The first kappa shape index (κ1) is 12.8. The van der Waals surface area contributed by atoms with E-state index < -0.39 is 12.7 Å². The van der Waals surface area contributed by atoms with Gasteiger partial charge in [-0.05, 0) is 36.5 Å². The molecule has 1 atom stereocenters. The molecule has 0 radical (unpaired) electrons. The van der Waals surface area contributed by atoms with Crippen LogP contribution in [-0.2, 0) is 6.42 Å². The number of halogens is 2. The van der Waals surface area contributed by atoms with Crippen LogP contribution < -0.4 is 10.6 Å². The molecule has 0 aromatic heterocycles. The highest BCUT2D eigenvalue weighted by Crippen LogP contribution is 2.30. The number of hydrogen-bond donors (Lipinski definition) is 2. The molecule has 18 heavy (non-hydrogen) atoms. The number of benzene rings is 1. The summed E-state index contributed by atoms with van der Waals surface area (Å²) in [6, 6.07) is 4.31. The Bertz CT molecular complexity index is 437. The lowest BCUT2D eigenvalue weighted by atomic mass is 9.87. The third kappa shape index (κ3) is 2.78. The second kappa shape index (κ2) is 5.80. The van der Waals surface area contributed by atoms with Crippen molar-refractivity contribution in [1.29, 1.82) is 0 Å². The minimum absolute atomic E-state index is 0.00540. The quantitative estimate of drug-likeness (QED) is 0.854. The van der Waals surface area contributed by atoms with Crippen LogP contribution in [0.25, 0.3) is 0 Å². The molecule has 3 nitrogen and oxygen atoms in total. The summed E-state index contributed by atoms with van der Waals surface area (Å²) in [6.45, 7) is -0.599. The Balaban J connectivity index is 2.08. The van der Waals surface area contributed by atoms with Crippen molar-refractivity contribution in [2.24, 2.45) is 0 Å². The van der Waals surface area contributed by atoms with Crippen LogP contribution in [0.1, 0.15) is 30.0 Å². The van der Waals surface area contributed by atoms with E-state index in [4.69, 9.17) is 0 Å². The molecule has 0 saturated heterocycles. The molecule has 5 heteroatoms. The first-order valence-electron chi connectivity index (χ1n) is 6.10. The van der Waals surface area contributed by atoms with E-state index in [1.54, 1.807) is 6.07 Å². The van der Waals surface area contributed by atoms with Gasteiger partial charge in [0.25, 0.3) is 0 Å². The Hall–Kier alpha value is -1.65. The molecule has 0 saturated carbocycles. The van der Waals surface area contributed by atoms with Crippen LogP contribution in [0.4, 0.5) is 13.6 Å². The predicted octanol–water partition coefficient (Wildman–Crippen LogP) is 2.47. The van der Waals surface area contributed by atoms with Crippen molar-refractivity contribution < 1.29 is 13.6 Å². The van der Waals surface area contributed by atoms with Crippen LogP contribution in [0.5, 0.6) is 0 Å². The summed E-state index contributed by atoms with van der Waals surface area (Å²) in [7, 11) is 0. The number of carbonyl (C=O) groups is 1. The molecule has 1 unspecified atom stereocenters. The smallest absolute Gasteiger partial charge is 0.315 e. The maximum Gasteiger partial charge on any atom is 0.315 e. The molecule has 0 spiro atoms. The van der Waals surface area contributed by atoms with E-state index in [1.165, 1.54) is 6.07 Å². The minimum atomic E-state index is -0.594. The average Bonchev–Trinajstić information content (AvgIpc) is 2.38. The van der Waals surface area contributed by atoms with Crippen molar-refractivity contribution in [2.45, 2.75) is 25.3 Å². The molecular formula is C13H16F2N2O. The summed E-state index contributed by atoms with van der Waals surface area (Å²) in [5.74, 6) is -0.219. The van der Waals surface area contributed by atoms with Crippen molar-refractivity contribution in [3.05, 3.63) is 35.1 Å². The van der Waals surface area contributed by atoms with Crippen molar-refractivity contribution in [1.82, 2.24) is 10.6 Å². The van der Waals surface area contributed by atoms with Crippen LogP contribution in [0.3, 0.4) is 0 Å². The Morgan fingerprint density at radius 2 is 2.28 bits per heavy atom. The number of alkyl halides is 1. The molecule has 2 N–H and O–H groups in total. The van der Waals surface area contributed by atoms with E-state index in [-0.39, 0.29) is 18.4 Å². The van der Waals surface area contributed by atoms with E-state index in [0.717, 1.165) is 18.4 Å². The zero-order valence-corrected chi connectivity index (χ0v) is 10.0. The molecule has 2 rings (SSSR count). The molecule has 1 aromatic rings. The molecule has 98 valence electrons. The fraction of sp³-hybridized carbons (Fsp3) is 0.462. The number of nitrogens with one attached hydrogen (secondary N) is 2. The van der Waals surface area contributed by atoms with Gasteiger partial charge in [0.15, 0.2) is 0 Å². The topological polar surface area (TPSA) is 41.1 Å². The van der Waals surface area contributed by atoms with Crippen LogP contribution in [0, 0.1) is 5.82 Å². The fourth-order valence-electron chi connectivity index (χ4n) is 2.32. The van der Waals surface area contributed by atoms with Gasteiger partial charge in [-0.25, -0.2) is 13.6 Å². The van der Waals surface area contributed by atoms with E-state index >= 15 is 0 Å². The Morgan fingerprint density at radius 1 is 1.44 bits per heavy atom. The minimum Gasteiger partial charge on any atom is -0.336 e. The lowest BCUT2D eigenvalue weighted by Crippen LogP contribution is -2.40. The van der Waals surface area contributed by atoms with Crippen molar-refractivity contribution in [2.75, 3.05) is 13.2 Å². The Morgan fingerprint density at radius 3 is 3.06 bits per heavy atom. The summed E-state index contributed by atoms with van der Waals surface area (Å²) in [6.07, 6.45) is 2.31. The maximum atomic E-state index is 13.6. The van der Waals surface area contributed by atoms with Gasteiger partial charge in [-0.2, -0.15) is 0 Å². The highest BCUT2D eigenvalue weighted by Gasteiger charge is 2.23. The van der Waals surface area contributed by atoms with Gasteiger partial charge in [0.2, 0.25) is 0 Å². The van der Waals surface area contributed by atoms with Crippen molar-refractivity contribution >= 4 is 6.03 Å². The largest absolute Gasteiger partial charge is 0.336 e. The summed E-state index contributed by atoms with van der Waals surface area (Å²) in [5.41, 5.74) is 1.51. The number of fused-ring (bicyclic) bond motifs is 1. The normalized spacial score (nSPS) is 18.0. The lowest BCUT2D eigenvalue weighted by Gasteiger charge is -2.26. The van der Waals surface area contributed by atoms with Crippen LogP contribution in [-0.4, -0.2) is 19.3 Å². The van der Waals surface area contributed by atoms with Gasteiger partial charge in [0.1, 0.15) is 12.5 Å². The first-order valence-corrected chi connectivity index (χ1v) is 6.10. The zero-order chi connectivity index (χ0) is 13.0. The van der Waals surface area contributed by atoms with E-state index in [0.29, 0.717) is 12.0 Å². The zero-order valence-electron chi connectivity index (χ0n) is 10.0. The summed E-state index contributed by atoms with van der Waals surface area (Å²) < 4.78 is 25.5. The molecule has 0 aliphatic heterocycles. The SMILES string of the molecule is O=C(NCCF)NC1CCCc2c(F)cccc21. The van der Waals surface area contributed by atoms with Crippen LogP contribution in [0.2, 0.25) is 0 Å². The maximum absolute atomic E-state index is 13.6. The molecular weight excluding hydrogens is 238 g/mol. The van der Waals surface area contributed by atoms with Gasteiger partial charge < -0.3 is 10.6 Å². The number of rotatable bonds is 3. The van der Waals surface area contributed by atoms with Gasteiger partial charge in [-0.3, -0.25) is 0 Å². The van der Waals surface area contributed by atoms with E-state index in [9.17, 15) is 13.6 Å². The summed E-state index contributed by atoms with van der Waals surface area (Å²) >= 11 is 0. The standard InChI is InChI=1S/C13H16F2N2O/c14-7-8-16-13(18)17-12-6-2-3-9-10(12)4-1-5-11(9)15/h1,4-5,12H,2-3,6-8H2,(H2,16,17,18). The molecule has 1 aromatic carbocycles. The second-order valence-electron chi connectivity index (χ2n) is 4.34. The van der Waals surface area contributed by atoms with E-state index in [1.807, 2.05) is 6.07 Å². The third-order valence-corrected chi connectivity index (χ3v) is 3.14. The van der Waals surface area contributed by atoms with Gasteiger partial charge in [0.05, 0.1) is 6.04 Å². The van der Waals surface area contributed by atoms with Crippen LogP contribution in [0.15, 0.2) is 18.2 Å². The van der Waals surface area contributed by atoms with Gasteiger partial charge in [-0.15, -0.1) is 0 Å². The number of urea groups is 1. The molecule has 0 heterocycles. The summed E-state index contributed by atoms with van der Waals surface area (Å²) in [4.78, 5) is 11.5. The monoisotopic (exact) mass is 254 g/mol. The van der Waals surface area contributed by atoms with Gasteiger partial charge >= 0.3 is 6.03 Å². The van der Waals surface area contributed by atoms with Crippen molar-refractivity contribution in [3.63, 3.8) is 0 Å².